The number of nitrogens with one attached hydrogen (secondary N) is 2. The van der Waals surface area contributed by atoms with Crippen molar-refractivity contribution < 1.29 is 4.39 Å². The van der Waals surface area contributed by atoms with Crippen molar-refractivity contribution >= 4 is 21.6 Å². The van der Waals surface area contributed by atoms with Crippen LogP contribution in [0.1, 0.15) is 19.3 Å². The summed E-state index contributed by atoms with van der Waals surface area (Å²) in [5, 5.41) is 6.80. The predicted octanol–water partition coefficient (Wildman–Crippen LogP) is 3.14. The third-order valence-corrected chi connectivity index (χ3v) is 3.54. The first kappa shape index (κ1) is 11.9. The molecule has 1 aliphatic heterocycles. The zero-order valence-electron chi connectivity index (χ0n) is 9.10. The van der Waals surface area contributed by atoms with Crippen molar-refractivity contribution in [2.24, 2.45) is 0 Å². The molecule has 1 aromatic rings. The van der Waals surface area contributed by atoms with Crippen LogP contribution in [0.3, 0.4) is 0 Å². The normalized spacial score (nSPS) is 20.8. The maximum Gasteiger partial charge on any atom is 0.124 e. The Morgan fingerprint density at radius 1 is 1.44 bits per heavy atom. The van der Waals surface area contributed by atoms with Gasteiger partial charge in [0.1, 0.15) is 5.82 Å². The lowest BCUT2D eigenvalue weighted by Crippen LogP contribution is -2.39. The molecule has 2 rings (SSSR count). The third kappa shape index (κ3) is 3.19. The van der Waals surface area contributed by atoms with E-state index in [0.29, 0.717) is 6.04 Å². The van der Waals surface area contributed by atoms with E-state index < -0.39 is 0 Å². The maximum atomic E-state index is 12.9. The van der Waals surface area contributed by atoms with E-state index in [-0.39, 0.29) is 5.82 Å². The van der Waals surface area contributed by atoms with E-state index in [1.807, 2.05) is 0 Å². The Labute approximate surface area is 104 Å². The molecule has 0 aromatic heterocycles. The summed E-state index contributed by atoms with van der Waals surface area (Å²) in [6.45, 7) is 2.00. The molecule has 16 heavy (non-hydrogen) atoms. The lowest BCUT2D eigenvalue weighted by molar-refractivity contribution is 0.414. The van der Waals surface area contributed by atoms with Crippen LogP contribution in [-0.2, 0) is 0 Å². The van der Waals surface area contributed by atoms with Gasteiger partial charge in [0.2, 0.25) is 0 Å². The van der Waals surface area contributed by atoms with Gasteiger partial charge in [-0.05, 0) is 53.5 Å². The molecule has 0 spiro atoms. The molecule has 1 unspecified atom stereocenters. The summed E-state index contributed by atoms with van der Waals surface area (Å²) in [5.74, 6) is -0.215. The lowest BCUT2D eigenvalue weighted by atomic mass is 10.1. The van der Waals surface area contributed by atoms with Gasteiger partial charge in [-0.1, -0.05) is 6.42 Å². The monoisotopic (exact) mass is 286 g/mol. The number of rotatable bonds is 3. The molecule has 1 atom stereocenters. The summed E-state index contributed by atoms with van der Waals surface area (Å²) in [4.78, 5) is 0. The molecule has 1 aliphatic rings. The van der Waals surface area contributed by atoms with Crippen LogP contribution in [-0.4, -0.2) is 19.1 Å². The molecule has 0 amide bonds. The number of halogens is 2. The van der Waals surface area contributed by atoms with Gasteiger partial charge in [0.15, 0.2) is 0 Å². The molecule has 2 N–H and O–H groups in total. The Morgan fingerprint density at radius 3 is 3.00 bits per heavy atom. The van der Waals surface area contributed by atoms with Gasteiger partial charge < -0.3 is 10.6 Å². The summed E-state index contributed by atoms with van der Waals surface area (Å²) in [6, 6.07) is 5.26. The van der Waals surface area contributed by atoms with E-state index in [2.05, 4.69) is 26.6 Å². The first-order chi connectivity index (χ1) is 7.75. The highest BCUT2D eigenvalue weighted by Gasteiger charge is 2.12. The molecule has 2 nitrogen and oxygen atoms in total. The summed E-state index contributed by atoms with van der Waals surface area (Å²) in [7, 11) is 0. The van der Waals surface area contributed by atoms with Crippen molar-refractivity contribution in [3.63, 3.8) is 0 Å². The van der Waals surface area contributed by atoms with Crippen molar-refractivity contribution in [3.8, 4) is 0 Å². The Kier molecular flexibility index (Phi) is 4.18. The Balaban J connectivity index is 1.88. The standard InChI is InChI=1S/C12H16BrFN2/c13-11-7-9(14)4-5-12(11)16-8-10-3-1-2-6-15-10/h4-5,7,10,15-16H,1-3,6,8H2. The Hall–Kier alpha value is -0.610. The second kappa shape index (κ2) is 5.64. The van der Waals surface area contributed by atoms with E-state index in [4.69, 9.17) is 0 Å². The Bertz CT molecular complexity index is 351. The van der Waals surface area contributed by atoms with E-state index >= 15 is 0 Å². The molecule has 1 fully saturated rings. The van der Waals surface area contributed by atoms with Crippen molar-refractivity contribution in [1.82, 2.24) is 5.32 Å². The van der Waals surface area contributed by atoms with Crippen LogP contribution in [0.4, 0.5) is 10.1 Å². The van der Waals surface area contributed by atoms with Crippen LogP contribution in [0.5, 0.6) is 0 Å². The molecule has 0 saturated carbocycles. The zero-order chi connectivity index (χ0) is 11.4. The van der Waals surface area contributed by atoms with Gasteiger partial charge in [-0.25, -0.2) is 4.39 Å². The number of benzene rings is 1. The average Bonchev–Trinajstić information content (AvgIpc) is 2.29. The number of hydrogen-bond donors (Lipinski definition) is 2. The Morgan fingerprint density at radius 2 is 2.31 bits per heavy atom. The quantitative estimate of drug-likeness (QED) is 0.892. The molecule has 0 aliphatic carbocycles. The van der Waals surface area contributed by atoms with Gasteiger partial charge in [-0.2, -0.15) is 0 Å². The minimum atomic E-state index is -0.215. The maximum absolute atomic E-state index is 12.9. The smallest absolute Gasteiger partial charge is 0.124 e. The van der Waals surface area contributed by atoms with E-state index in [1.54, 1.807) is 6.07 Å². The molecule has 88 valence electrons. The van der Waals surface area contributed by atoms with E-state index in [9.17, 15) is 4.39 Å². The zero-order valence-corrected chi connectivity index (χ0v) is 10.7. The van der Waals surface area contributed by atoms with E-state index in [1.165, 1.54) is 31.4 Å². The van der Waals surface area contributed by atoms with Crippen LogP contribution in [0.25, 0.3) is 0 Å². The topological polar surface area (TPSA) is 24.1 Å². The molecule has 1 saturated heterocycles. The van der Waals surface area contributed by atoms with Gasteiger partial charge in [0, 0.05) is 22.7 Å². The predicted molar refractivity (Wildman–Crippen MR) is 68.2 cm³/mol. The first-order valence-corrected chi connectivity index (χ1v) is 6.47. The highest BCUT2D eigenvalue weighted by molar-refractivity contribution is 9.10. The van der Waals surface area contributed by atoms with Crippen LogP contribution in [0.2, 0.25) is 0 Å². The van der Waals surface area contributed by atoms with Gasteiger partial charge in [0.05, 0.1) is 0 Å². The summed E-state index contributed by atoms with van der Waals surface area (Å²) in [5.41, 5.74) is 0.953. The second-order valence-electron chi connectivity index (χ2n) is 4.15. The minimum absolute atomic E-state index is 0.215. The molecular weight excluding hydrogens is 271 g/mol. The fraction of sp³-hybridized carbons (Fsp3) is 0.500. The number of hydrogen-bond acceptors (Lipinski definition) is 2. The fourth-order valence-corrected chi connectivity index (χ4v) is 2.46. The lowest BCUT2D eigenvalue weighted by Gasteiger charge is -2.24. The molecule has 0 bridgehead atoms. The SMILES string of the molecule is Fc1ccc(NCC2CCCCN2)c(Br)c1. The number of piperidine rings is 1. The third-order valence-electron chi connectivity index (χ3n) is 2.88. The molecule has 1 heterocycles. The van der Waals surface area contributed by atoms with Crippen LogP contribution in [0, 0.1) is 5.82 Å². The van der Waals surface area contributed by atoms with Crippen molar-refractivity contribution in [3.05, 3.63) is 28.5 Å². The van der Waals surface area contributed by atoms with Gasteiger partial charge in [-0.3, -0.25) is 0 Å². The van der Waals surface area contributed by atoms with Crippen LogP contribution in [0.15, 0.2) is 22.7 Å². The summed E-state index contributed by atoms with van der Waals surface area (Å²) >= 11 is 3.35. The highest BCUT2D eigenvalue weighted by Crippen LogP contribution is 2.23. The summed E-state index contributed by atoms with van der Waals surface area (Å²) < 4.78 is 13.7. The first-order valence-electron chi connectivity index (χ1n) is 5.68. The average molecular weight is 287 g/mol. The largest absolute Gasteiger partial charge is 0.383 e. The van der Waals surface area contributed by atoms with Gasteiger partial charge in [-0.15, -0.1) is 0 Å². The highest BCUT2D eigenvalue weighted by atomic mass is 79.9. The van der Waals surface area contributed by atoms with Crippen molar-refractivity contribution in [2.75, 3.05) is 18.4 Å². The molecule has 1 aromatic carbocycles. The molecule has 4 heteroatoms. The van der Waals surface area contributed by atoms with Crippen molar-refractivity contribution in [2.45, 2.75) is 25.3 Å². The second-order valence-corrected chi connectivity index (χ2v) is 5.01. The van der Waals surface area contributed by atoms with Gasteiger partial charge >= 0.3 is 0 Å². The fourth-order valence-electron chi connectivity index (χ4n) is 1.96. The molecule has 0 radical (unpaired) electrons. The van der Waals surface area contributed by atoms with Crippen molar-refractivity contribution in [1.29, 1.82) is 0 Å². The minimum Gasteiger partial charge on any atom is -0.383 e. The van der Waals surface area contributed by atoms with Gasteiger partial charge in [0.25, 0.3) is 0 Å². The van der Waals surface area contributed by atoms with Crippen LogP contribution < -0.4 is 10.6 Å². The number of anilines is 1. The van der Waals surface area contributed by atoms with Crippen LogP contribution >= 0.6 is 15.9 Å². The summed E-state index contributed by atoms with van der Waals surface area (Å²) in [6.07, 6.45) is 3.78. The van der Waals surface area contributed by atoms with E-state index in [0.717, 1.165) is 23.2 Å². The molecular formula is C12H16BrFN2.